The van der Waals surface area contributed by atoms with Crippen LogP contribution in [-0.4, -0.2) is 31.6 Å². The van der Waals surface area contributed by atoms with Crippen molar-refractivity contribution in [2.45, 2.75) is 51.1 Å². The first-order valence-corrected chi connectivity index (χ1v) is 11.8. The minimum atomic E-state index is -0.0432. The molecule has 32 heavy (non-hydrogen) atoms. The molecule has 0 radical (unpaired) electrons. The Balaban J connectivity index is 1.78. The quantitative estimate of drug-likeness (QED) is 0.271. The van der Waals surface area contributed by atoms with Crippen LogP contribution in [0.4, 0.5) is 0 Å². The van der Waals surface area contributed by atoms with Gasteiger partial charge in [-0.1, -0.05) is 37.2 Å². The van der Waals surface area contributed by atoms with E-state index in [2.05, 4.69) is 17.1 Å². The van der Waals surface area contributed by atoms with Gasteiger partial charge in [-0.2, -0.15) is 0 Å². The van der Waals surface area contributed by atoms with Crippen molar-refractivity contribution < 1.29 is 9.53 Å². The third-order valence-corrected chi connectivity index (χ3v) is 6.31. The topological polar surface area (TPSA) is 78.5 Å². The molecule has 0 atom stereocenters. The average Bonchev–Trinajstić information content (AvgIpc) is 3.22. The molecule has 8 heteroatoms. The van der Waals surface area contributed by atoms with Crippen molar-refractivity contribution >= 4 is 34.2 Å². The predicted molar refractivity (Wildman–Crippen MR) is 127 cm³/mol. The van der Waals surface area contributed by atoms with Crippen LogP contribution in [-0.2, 0) is 12.3 Å². The lowest BCUT2D eigenvalue weighted by Gasteiger charge is -2.12. The van der Waals surface area contributed by atoms with Gasteiger partial charge in [0.1, 0.15) is 5.75 Å². The van der Waals surface area contributed by atoms with Gasteiger partial charge in [0, 0.05) is 23.4 Å². The second kappa shape index (κ2) is 9.56. The Morgan fingerprint density at radius 3 is 2.69 bits per heavy atom. The number of aromatic nitrogens is 4. The first kappa shape index (κ1) is 22.1. The van der Waals surface area contributed by atoms with Gasteiger partial charge in [0.05, 0.1) is 17.5 Å². The van der Waals surface area contributed by atoms with Crippen LogP contribution in [0.2, 0.25) is 0 Å². The first-order valence-electron chi connectivity index (χ1n) is 10.8. The fraction of sp³-hybridized carbons (Fsp3) is 0.333. The number of fused-ring (bicyclic) bond motifs is 3. The molecule has 0 spiro atoms. The van der Waals surface area contributed by atoms with Gasteiger partial charge in [-0.3, -0.25) is 18.6 Å². The highest BCUT2D eigenvalue weighted by molar-refractivity contribution is 7.98. The van der Waals surface area contributed by atoms with Crippen molar-refractivity contribution in [2.24, 2.45) is 0 Å². The predicted octanol–water partition coefficient (Wildman–Crippen LogP) is 4.74. The van der Waals surface area contributed by atoms with Crippen molar-refractivity contribution in [3.05, 3.63) is 63.9 Å². The molecular formula is C24H26N4O3S. The molecule has 7 nitrogen and oxygen atoms in total. The number of hydrogen-bond donors (Lipinski definition) is 0. The normalized spacial score (nSPS) is 11.3. The van der Waals surface area contributed by atoms with E-state index in [9.17, 15) is 9.59 Å². The number of ether oxygens (including phenoxy) is 1. The largest absolute Gasteiger partial charge is 0.494 e. The number of thioether (sulfide) groups is 1. The maximum atomic E-state index is 13.1. The summed E-state index contributed by atoms with van der Waals surface area (Å²) in [6, 6.07) is 13.1. The number of unbranched alkanes of at least 4 members (excludes halogenated alkanes) is 1. The molecule has 0 bridgehead atoms. The summed E-state index contributed by atoms with van der Waals surface area (Å²) in [4.78, 5) is 25.0. The lowest BCUT2D eigenvalue weighted by atomic mass is 10.1. The van der Waals surface area contributed by atoms with E-state index in [0.29, 0.717) is 40.8 Å². The van der Waals surface area contributed by atoms with E-state index in [1.165, 1.54) is 11.8 Å². The third-order valence-electron chi connectivity index (χ3n) is 5.34. The van der Waals surface area contributed by atoms with Crippen molar-refractivity contribution in [3.63, 3.8) is 0 Å². The number of carbonyl (C=O) groups is 1. The molecule has 2 aromatic heterocycles. The Hall–Kier alpha value is -3.13. The molecule has 2 heterocycles. The van der Waals surface area contributed by atoms with E-state index < -0.39 is 0 Å². The fourth-order valence-electron chi connectivity index (χ4n) is 3.69. The van der Waals surface area contributed by atoms with Gasteiger partial charge >= 0.3 is 0 Å². The summed E-state index contributed by atoms with van der Waals surface area (Å²) >= 11 is 1.51. The Bertz CT molecular complexity index is 1340. The van der Waals surface area contributed by atoms with E-state index in [1.54, 1.807) is 17.6 Å². The maximum Gasteiger partial charge on any atom is 0.262 e. The van der Waals surface area contributed by atoms with Crippen LogP contribution >= 0.6 is 11.8 Å². The van der Waals surface area contributed by atoms with Gasteiger partial charge in [-0.05, 0) is 50.6 Å². The Morgan fingerprint density at radius 1 is 1.12 bits per heavy atom. The number of rotatable bonds is 9. The van der Waals surface area contributed by atoms with Gasteiger partial charge < -0.3 is 4.74 Å². The van der Waals surface area contributed by atoms with Crippen LogP contribution < -0.4 is 10.3 Å². The van der Waals surface area contributed by atoms with E-state index in [0.717, 1.165) is 29.7 Å². The molecule has 0 N–H and O–H groups in total. The second-order valence-electron chi connectivity index (χ2n) is 7.55. The average molecular weight is 451 g/mol. The summed E-state index contributed by atoms with van der Waals surface area (Å²) in [5.41, 5.74) is 2.31. The Kier molecular flexibility index (Phi) is 6.60. The summed E-state index contributed by atoms with van der Waals surface area (Å²) in [6.45, 7) is 6.73. The molecule has 4 aromatic rings. The number of Topliss-reactive ketones (excluding diaryl/α,β-unsaturated/α-hetero) is 1. The van der Waals surface area contributed by atoms with Gasteiger partial charge in [0.15, 0.2) is 10.9 Å². The van der Waals surface area contributed by atoms with Crippen LogP contribution in [0.3, 0.4) is 0 Å². The molecule has 0 saturated heterocycles. The SMILES string of the molecule is CCCCn1c(=O)c2ccccc2n2c(SCc3cc(C(C)=O)ccc3OCC)nnc12. The highest BCUT2D eigenvalue weighted by Crippen LogP contribution is 2.30. The van der Waals surface area contributed by atoms with Crippen molar-refractivity contribution in [3.8, 4) is 5.75 Å². The summed E-state index contributed by atoms with van der Waals surface area (Å²) in [6.07, 6.45) is 1.87. The van der Waals surface area contributed by atoms with Crippen LogP contribution in [0.15, 0.2) is 52.4 Å². The molecule has 0 unspecified atom stereocenters. The lowest BCUT2D eigenvalue weighted by Crippen LogP contribution is -2.23. The van der Waals surface area contributed by atoms with E-state index in [-0.39, 0.29) is 11.3 Å². The summed E-state index contributed by atoms with van der Waals surface area (Å²) in [5.74, 6) is 1.87. The number of carbonyl (C=O) groups excluding carboxylic acids is 1. The monoisotopic (exact) mass is 450 g/mol. The van der Waals surface area contributed by atoms with Gasteiger partial charge in [-0.25, -0.2) is 0 Å². The second-order valence-corrected chi connectivity index (χ2v) is 8.49. The molecule has 0 aliphatic heterocycles. The first-order chi connectivity index (χ1) is 15.5. The zero-order valence-electron chi connectivity index (χ0n) is 18.5. The number of benzene rings is 2. The van der Waals surface area contributed by atoms with E-state index in [1.807, 2.05) is 47.7 Å². The Labute approximate surface area is 190 Å². The van der Waals surface area contributed by atoms with Crippen LogP contribution in [0.25, 0.3) is 16.7 Å². The zero-order valence-corrected chi connectivity index (χ0v) is 19.3. The number of aryl methyl sites for hydroxylation is 1. The van der Waals surface area contributed by atoms with Crippen molar-refractivity contribution in [2.75, 3.05) is 6.61 Å². The molecule has 0 aliphatic carbocycles. The smallest absolute Gasteiger partial charge is 0.262 e. The summed E-state index contributed by atoms with van der Waals surface area (Å²) in [5, 5.41) is 10.1. The van der Waals surface area contributed by atoms with Gasteiger partial charge in [0.25, 0.3) is 5.56 Å². The zero-order chi connectivity index (χ0) is 22.7. The molecule has 4 rings (SSSR count). The summed E-state index contributed by atoms with van der Waals surface area (Å²) < 4.78 is 9.43. The maximum absolute atomic E-state index is 13.1. The lowest BCUT2D eigenvalue weighted by molar-refractivity contribution is 0.101. The molecule has 0 saturated carbocycles. The molecule has 0 fully saturated rings. The van der Waals surface area contributed by atoms with Crippen LogP contribution in [0, 0.1) is 0 Å². The molecular weight excluding hydrogens is 424 g/mol. The minimum absolute atomic E-state index is 0.0122. The summed E-state index contributed by atoms with van der Waals surface area (Å²) in [7, 11) is 0. The third kappa shape index (κ3) is 4.14. The molecule has 0 amide bonds. The van der Waals surface area contributed by atoms with Gasteiger partial charge in [-0.15, -0.1) is 10.2 Å². The van der Waals surface area contributed by atoms with Crippen LogP contribution in [0.5, 0.6) is 5.75 Å². The number of nitrogens with zero attached hydrogens (tertiary/aromatic N) is 4. The van der Waals surface area contributed by atoms with E-state index >= 15 is 0 Å². The Morgan fingerprint density at radius 2 is 1.94 bits per heavy atom. The van der Waals surface area contributed by atoms with Crippen molar-refractivity contribution in [1.82, 2.24) is 19.2 Å². The molecule has 0 aliphatic rings. The number of ketones is 1. The highest BCUT2D eigenvalue weighted by atomic mass is 32.2. The number of para-hydroxylation sites is 1. The van der Waals surface area contributed by atoms with Gasteiger partial charge in [0.2, 0.25) is 5.78 Å². The molecule has 166 valence electrons. The van der Waals surface area contributed by atoms with Crippen molar-refractivity contribution in [1.29, 1.82) is 0 Å². The minimum Gasteiger partial charge on any atom is -0.494 e. The highest BCUT2D eigenvalue weighted by Gasteiger charge is 2.17. The number of hydrogen-bond acceptors (Lipinski definition) is 6. The fourth-order valence-corrected chi connectivity index (χ4v) is 4.61. The van der Waals surface area contributed by atoms with Crippen LogP contribution in [0.1, 0.15) is 49.5 Å². The molecule has 2 aromatic carbocycles. The van der Waals surface area contributed by atoms with E-state index in [4.69, 9.17) is 4.74 Å². The standard InChI is InChI=1S/C24H26N4O3S/c1-4-6-13-27-22(30)19-9-7-8-10-20(19)28-23(27)25-26-24(28)32-15-18-14-17(16(3)29)11-12-21(18)31-5-2/h7-12,14H,4-6,13,15H2,1-3H3.